The molecule has 0 saturated heterocycles. The molecule has 19 heavy (non-hydrogen) atoms. The SMILES string of the molecule is Cc1ccc2ccc3ccc4ccccc4c3c2c1. The summed E-state index contributed by atoms with van der Waals surface area (Å²) in [5.74, 6) is 0. The Labute approximate surface area is 112 Å². The summed E-state index contributed by atoms with van der Waals surface area (Å²) in [4.78, 5) is 0. The van der Waals surface area contributed by atoms with Crippen molar-refractivity contribution in [3.8, 4) is 0 Å². The fourth-order valence-corrected chi connectivity index (χ4v) is 2.94. The lowest BCUT2D eigenvalue weighted by molar-refractivity contribution is 1.51. The number of hydrogen-bond acceptors (Lipinski definition) is 0. The maximum absolute atomic E-state index is 2.30. The Kier molecular flexibility index (Phi) is 2.13. The summed E-state index contributed by atoms with van der Waals surface area (Å²) in [5, 5.41) is 8.01. The highest BCUT2D eigenvalue weighted by molar-refractivity contribution is 6.20. The molecule has 0 amide bonds. The number of rotatable bonds is 0. The van der Waals surface area contributed by atoms with E-state index in [-0.39, 0.29) is 0 Å². The molecule has 4 aromatic rings. The molecule has 0 unspecified atom stereocenters. The van der Waals surface area contributed by atoms with Gasteiger partial charge in [0.25, 0.3) is 0 Å². The van der Waals surface area contributed by atoms with Crippen LogP contribution in [0.1, 0.15) is 5.56 Å². The Morgan fingerprint density at radius 3 is 2.05 bits per heavy atom. The van der Waals surface area contributed by atoms with E-state index in [1.54, 1.807) is 0 Å². The minimum Gasteiger partial charge on any atom is -0.0616 e. The highest BCUT2D eigenvalue weighted by atomic mass is 14.1. The van der Waals surface area contributed by atoms with Crippen molar-refractivity contribution in [3.05, 3.63) is 72.3 Å². The summed E-state index contributed by atoms with van der Waals surface area (Å²) in [6.07, 6.45) is 0. The summed E-state index contributed by atoms with van der Waals surface area (Å²) < 4.78 is 0. The van der Waals surface area contributed by atoms with Crippen molar-refractivity contribution in [1.29, 1.82) is 0 Å². The largest absolute Gasteiger partial charge is 0.0616 e. The molecule has 0 heterocycles. The molecule has 0 aliphatic rings. The fourth-order valence-electron chi connectivity index (χ4n) is 2.94. The van der Waals surface area contributed by atoms with Crippen molar-refractivity contribution in [2.45, 2.75) is 6.92 Å². The average molecular weight is 242 g/mol. The van der Waals surface area contributed by atoms with Gasteiger partial charge < -0.3 is 0 Å². The van der Waals surface area contributed by atoms with Crippen molar-refractivity contribution in [2.24, 2.45) is 0 Å². The van der Waals surface area contributed by atoms with E-state index < -0.39 is 0 Å². The van der Waals surface area contributed by atoms with E-state index in [2.05, 4.69) is 73.7 Å². The molecule has 0 N–H and O–H groups in total. The van der Waals surface area contributed by atoms with Crippen LogP contribution in [0.3, 0.4) is 0 Å². The molecule has 0 radical (unpaired) electrons. The standard InChI is InChI=1S/C19H14/c1-13-6-7-15-9-11-16-10-8-14-4-2-3-5-17(14)19(16)18(15)12-13/h2-12H,1H3. The smallest absolute Gasteiger partial charge is 0.00267 e. The number of hydrogen-bond donors (Lipinski definition) is 0. The van der Waals surface area contributed by atoms with E-state index in [9.17, 15) is 0 Å². The molecule has 4 rings (SSSR count). The number of fused-ring (bicyclic) bond motifs is 5. The normalized spacial score (nSPS) is 11.4. The molecule has 0 saturated carbocycles. The summed E-state index contributed by atoms with van der Waals surface area (Å²) in [6, 6.07) is 24.2. The third-order valence-electron chi connectivity index (χ3n) is 3.88. The van der Waals surface area contributed by atoms with Crippen molar-refractivity contribution >= 4 is 32.3 Å². The van der Waals surface area contributed by atoms with Gasteiger partial charge in [-0.1, -0.05) is 72.3 Å². The Balaban J connectivity index is 2.36. The van der Waals surface area contributed by atoms with Crippen LogP contribution in [0.2, 0.25) is 0 Å². The molecular formula is C19H14. The van der Waals surface area contributed by atoms with Gasteiger partial charge in [-0.2, -0.15) is 0 Å². The Morgan fingerprint density at radius 1 is 0.579 bits per heavy atom. The van der Waals surface area contributed by atoms with Crippen molar-refractivity contribution in [2.75, 3.05) is 0 Å². The van der Waals surface area contributed by atoms with E-state index in [0.717, 1.165) is 0 Å². The van der Waals surface area contributed by atoms with Crippen molar-refractivity contribution < 1.29 is 0 Å². The second kappa shape index (κ2) is 3.83. The van der Waals surface area contributed by atoms with Crippen LogP contribution in [0.15, 0.2) is 66.7 Å². The van der Waals surface area contributed by atoms with Crippen LogP contribution >= 0.6 is 0 Å². The third-order valence-corrected chi connectivity index (χ3v) is 3.88. The molecular weight excluding hydrogens is 228 g/mol. The number of benzene rings is 4. The van der Waals surface area contributed by atoms with Gasteiger partial charge in [-0.25, -0.2) is 0 Å². The Hall–Kier alpha value is -2.34. The van der Waals surface area contributed by atoms with E-state index in [1.165, 1.54) is 37.9 Å². The summed E-state index contributed by atoms with van der Waals surface area (Å²) in [7, 11) is 0. The molecule has 0 aliphatic heterocycles. The van der Waals surface area contributed by atoms with Crippen LogP contribution in [-0.4, -0.2) is 0 Å². The summed E-state index contributed by atoms with van der Waals surface area (Å²) >= 11 is 0. The molecule has 0 aliphatic carbocycles. The van der Waals surface area contributed by atoms with Crippen molar-refractivity contribution in [1.82, 2.24) is 0 Å². The summed E-state index contributed by atoms with van der Waals surface area (Å²) in [6.45, 7) is 2.16. The van der Waals surface area contributed by atoms with Crippen LogP contribution in [0.4, 0.5) is 0 Å². The molecule has 0 atom stereocenters. The maximum atomic E-state index is 2.30. The van der Waals surface area contributed by atoms with Crippen LogP contribution < -0.4 is 0 Å². The monoisotopic (exact) mass is 242 g/mol. The van der Waals surface area contributed by atoms with Gasteiger partial charge >= 0.3 is 0 Å². The van der Waals surface area contributed by atoms with E-state index in [4.69, 9.17) is 0 Å². The third kappa shape index (κ3) is 1.53. The maximum Gasteiger partial charge on any atom is -0.00267 e. The van der Waals surface area contributed by atoms with Gasteiger partial charge in [-0.05, 0) is 39.2 Å². The first-order valence-corrected chi connectivity index (χ1v) is 6.64. The first kappa shape index (κ1) is 10.6. The van der Waals surface area contributed by atoms with Gasteiger partial charge in [0.2, 0.25) is 0 Å². The van der Waals surface area contributed by atoms with Crippen LogP contribution in [0.5, 0.6) is 0 Å². The fraction of sp³-hybridized carbons (Fsp3) is 0.0526. The highest BCUT2D eigenvalue weighted by Crippen LogP contribution is 2.32. The first-order chi connectivity index (χ1) is 9.33. The lowest BCUT2D eigenvalue weighted by Crippen LogP contribution is -1.82. The Morgan fingerprint density at radius 2 is 1.21 bits per heavy atom. The van der Waals surface area contributed by atoms with Gasteiger partial charge in [0.05, 0.1) is 0 Å². The minimum atomic E-state index is 1.31. The zero-order valence-electron chi connectivity index (χ0n) is 10.9. The lowest BCUT2D eigenvalue weighted by Gasteiger charge is -2.08. The number of aryl methyl sites for hydroxylation is 1. The van der Waals surface area contributed by atoms with Gasteiger partial charge in [0, 0.05) is 0 Å². The highest BCUT2D eigenvalue weighted by Gasteiger charge is 2.04. The van der Waals surface area contributed by atoms with Crippen LogP contribution in [0, 0.1) is 6.92 Å². The second-order valence-electron chi connectivity index (χ2n) is 5.17. The average Bonchev–Trinajstić information content (AvgIpc) is 2.46. The van der Waals surface area contributed by atoms with E-state index >= 15 is 0 Å². The predicted octanol–water partition coefficient (Wildman–Crippen LogP) is 5.45. The molecule has 0 fully saturated rings. The second-order valence-corrected chi connectivity index (χ2v) is 5.17. The van der Waals surface area contributed by atoms with Gasteiger partial charge in [-0.15, -0.1) is 0 Å². The molecule has 0 heteroatoms. The van der Waals surface area contributed by atoms with Crippen LogP contribution in [-0.2, 0) is 0 Å². The minimum absolute atomic E-state index is 1.31. The molecule has 4 aromatic carbocycles. The molecule has 0 spiro atoms. The van der Waals surface area contributed by atoms with E-state index in [1.807, 2.05) is 0 Å². The lowest BCUT2D eigenvalue weighted by atomic mass is 9.96. The molecule has 0 nitrogen and oxygen atoms in total. The topological polar surface area (TPSA) is 0 Å². The molecule has 90 valence electrons. The van der Waals surface area contributed by atoms with Gasteiger partial charge in [-0.3, -0.25) is 0 Å². The zero-order chi connectivity index (χ0) is 12.8. The molecule has 0 bridgehead atoms. The van der Waals surface area contributed by atoms with E-state index in [0.29, 0.717) is 0 Å². The quantitative estimate of drug-likeness (QED) is 0.359. The summed E-state index contributed by atoms with van der Waals surface area (Å²) in [5.41, 5.74) is 1.31. The zero-order valence-corrected chi connectivity index (χ0v) is 10.9. The van der Waals surface area contributed by atoms with Crippen LogP contribution in [0.25, 0.3) is 32.3 Å². The Bertz CT molecular complexity index is 911. The molecule has 0 aromatic heterocycles. The van der Waals surface area contributed by atoms with Gasteiger partial charge in [0.1, 0.15) is 0 Å². The predicted molar refractivity (Wildman–Crippen MR) is 83.7 cm³/mol. The van der Waals surface area contributed by atoms with Gasteiger partial charge in [0.15, 0.2) is 0 Å². The first-order valence-electron chi connectivity index (χ1n) is 6.64. The van der Waals surface area contributed by atoms with Crippen molar-refractivity contribution in [3.63, 3.8) is 0 Å².